The van der Waals surface area contributed by atoms with E-state index in [4.69, 9.17) is 14.0 Å². The molecule has 1 aliphatic heterocycles. The summed E-state index contributed by atoms with van der Waals surface area (Å²) in [6.45, 7) is 10.7. The van der Waals surface area contributed by atoms with E-state index in [1.165, 1.54) is 0 Å². The molecule has 0 N–H and O–H groups in total. The Kier molecular flexibility index (Phi) is 4.09. The monoisotopic (exact) mass is 278 g/mol. The minimum Gasteiger partial charge on any atom is -0.399 e. The number of hydrogen-bond donors (Lipinski definition) is 0. The molecule has 1 fully saturated rings. The van der Waals surface area contributed by atoms with Crippen molar-refractivity contribution in [2.75, 3.05) is 13.7 Å². The van der Waals surface area contributed by atoms with E-state index in [9.17, 15) is 0 Å². The molecule has 1 aromatic rings. The Morgan fingerprint density at radius 2 is 1.90 bits per heavy atom. The summed E-state index contributed by atoms with van der Waals surface area (Å²) in [7, 11) is 1.29. The third-order valence-corrected chi connectivity index (χ3v) is 3.98. The molecule has 0 radical (unpaired) electrons. The lowest BCUT2D eigenvalue weighted by molar-refractivity contribution is 0.00578. The molecule has 1 aromatic heterocycles. The summed E-state index contributed by atoms with van der Waals surface area (Å²) in [6.07, 6.45) is 5.70. The molecule has 0 atom stereocenters. The highest BCUT2D eigenvalue weighted by Gasteiger charge is 2.52. The molecule has 6 heteroatoms. The molecule has 0 spiro atoms. The molecule has 2 rings (SSSR count). The summed E-state index contributed by atoms with van der Waals surface area (Å²) in [4.78, 5) is 0. The summed E-state index contributed by atoms with van der Waals surface area (Å²) in [5.41, 5.74) is 1.20. The van der Waals surface area contributed by atoms with E-state index in [1.54, 1.807) is 11.8 Å². The highest BCUT2D eigenvalue weighted by molar-refractivity contribution is 6.62. The maximum Gasteiger partial charge on any atom is 0.498 e. The molecule has 20 heavy (non-hydrogen) atoms. The summed E-state index contributed by atoms with van der Waals surface area (Å²) < 4.78 is 18.8. The van der Waals surface area contributed by atoms with Crippen molar-refractivity contribution in [2.45, 2.75) is 45.8 Å². The number of aromatic nitrogens is 2. The van der Waals surface area contributed by atoms with Crippen LogP contribution in [0.3, 0.4) is 0 Å². The van der Waals surface area contributed by atoms with Gasteiger partial charge in [0.1, 0.15) is 0 Å². The van der Waals surface area contributed by atoms with E-state index in [1.807, 2.05) is 53.1 Å². The highest BCUT2D eigenvalue weighted by Crippen LogP contribution is 2.36. The predicted molar refractivity (Wildman–Crippen MR) is 79.9 cm³/mol. The molecule has 0 saturated carbocycles. The van der Waals surface area contributed by atoms with Crippen molar-refractivity contribution in [3.63, 3.8) is 0 Å². The van der Waals surface area contributed by atoms with Gasteiger partial charge in [-0.2, -0.15) is 5.10 Å². The van der Waals surface area contributed by atoms with Crippen LogP contribution in [0.25, 0.3) is 6.20 Å². The third kappa shape index (κ3) is 2.82. The Morgan fingerprint density at radius 3 is 2.45 bits per heavy atom. The van der Waals surface area contributed by atoms with Gasteiger partial charge in [-0.3, -0.25) is 0 Å². The molecular weight excluding hydrogens is 255 g/mol. The van der Waals surface area contributed by atoms with Crippen molar-refractivity contribution in [3.05, 3.63) is 18.0 Å². The maximum atomic E-state index is 6.05. The van der Waals surface area contributed by atoms with Gasteiger partial charge in [-0.05, 0) is 40.7 Å². The molecule has 1 saturated heterocycles. The van der Waals surface area contributed by atoms with Crippen molar-refractivity contribution in [1.29, 1.82) is 0 Å². The van der Waals surface area contributed by atoms with Crippen molar-refractivity contribution >= 4 is 18.8 Å². The van der Waals surface area contributed by atoms with Gasteiger partial charge in [0, 0.05) is 25.0 Å². The molecule has 110 valence electrons. The molecule has 0 amide bonds. The minimum absolute atomic E-state index is 0.335. The van der Waals surface area contributed by atoms with Gasteiger partial charge in [0.25, 0.3) is 0 Å². The largest absolute Gasteiger partial charge is 0.498 e. The summed E-state index contributed by atoms with van der Waals surface area (Å²) in [5.74, 6) is 0. The van der Waals surface area contributed by atoms with Gasteiger partial charge in [0.2, 0.25) is 0 Å². The topological polar surface area (TPSA) is 45.5 Å². The number of rotatable bonds is 4. The number of nitrogens with zero attached hydrogens (tertiary/aromatic N) is 2. The van der Waals surface area contributed by atoms with Crippen LogP contribution in [0.1, 0.15) is 33.4 Å². The van der Waals surface area contributed by atoms with Crippen LogP contribution in [0.4, 0.5) is 0 Å². The lowest BCUT2D eigenvalue weighted by atomic mass is 9.79. The van der Waals surface area contributed by atoms with Crippen LogP contribution in [0.15, 0.2) is 12.3 Å². The zero-order valence-electron chi connectivity index (χ0n) is 13.1. The maximum absolute atomic E-state index is 6.05. The van der Waals surface area contributed by atoms with Gasteiger partial charge >= 0.3 is 7.12 Å². The van der Waals surface area contributed by atoms with Crippen LogP contribution >= 0.6 is 0 Å². The van der Waals surface area contributed by atoms with Gasteiger partial charge in [0.05, 0.1) is 23.5 Å². The van der Waals surface area contributed by atoms with Gasteiger partial charge in [-0.15, -0.1) is 0 Å². The van der Waals surface area contributed by atoms with Crippen LogP contribution < -0.4 is 5.46 Å². The third-order valence-electron chi connectivity index (χ3n) is 3.98. The normalized spacial score (nSPS) is 21.0. The Bertz CT molecular complexity index is 493. The van der Waals surface area contributed by atoms with Gasteiger partial charge in [0.15, 0.2) is 0 Å². The Morgan fingerprint density at radius 1 is 1.30 bits per heavy atom. The smallest absolute Gasteiger partial charge is 0.399 e. The van der Waals surface area contributed by atoms with Gasteiger partial charge < -0.3 is 14.0 Å². The number of ether oxygens (including phenoxy) is 1. The van der Waals surface area contributed by atoms with E-state index in [0.29, 0.717) is 6.61 Å². The highest BCUT2D eigenvalue weighted by atomic mass is 16.7. The van der Waals surface area contributed by atoms with Crippen molar-refractivity contribution in [3.8, 4) is 0 Å². The fourth-order valence-electron chi connectivity index (χ4n) is 2.02. The van der Waals surface area contributed by atoms with Gasteiger partial charge in [-0.25, -0.2) is 4.68 Å². The first-order valence-corrected chi connectivity index (χ1v) is 6.84. The lowest BCUT2D eigenvalue weighted by Crippen LogP contribution is -2.41. The Balaban J connectivity index is 2.19. The number of methoxy groups -OCH3 is 1. The molecule has 5 nitrogen and oxygen atoms in total. The molecule has 0 aliphatic carbocycles. The van der Waals surface area contributed by atoms with Crippen LogP contribution in [0.2, 0.25) is 0 Å². The standard InChI is InChI=1S/C14H23BN2O3/c1-11-12(10-17(16-11)8-7-9-18-6)15-19-13(2,3)14(4,5)20-15/h7-8,10H,9H2,1-6H3/b8-7+. The second kappa shape index (κ2) is 5.35. The molecule has 2 heterocycles. The average molecular weight is 278 g/mol. The average Bonchev–Trinajstić information content (AvgIpc) is 2.78. The first-order chi connectivity index (χ1) is 9.27. The molecule has 0 unspecified atom stereocenters. The van der Waals surface area contributed by atoms with Crippen molar-refractivity contribution in [1.82, 2.24) is 9.78 Å². The van der Waals surface area contributed by atoms with E-state index in [-0.39, 0.29) is 18.3 Å². The molecule has 1 aliphatic rings. The Hall–Kier alpha value is -1.11. The van der Waals surface area contributed by atoms with Crippen LogP contribution in [0.5, 0.6) is 0 Å². The van der Waals surface area contributed by atoms with E-state index < -0.39 is 0 Å². The van der Waals surface area contributed by atoms with E-state index in [2.05, 4.69) is 5.10 Å². The second-order valence-corrected chi connectivity index (χ2v) is 6.08. The lowest BCUT2D eigenvalue weighted by Gasteiger charge is -2.32. The first-order valence-electron chi connectivity index (χ1n) is 6.84. The molecular formula is C14H23BN2O3. The summed E-state index contributed by atoms with van der Waals surface area (Å²) in [5, 5.41) is 4.44. The van der Waals surface area contributed by atoms with Gasteiger partial charge in [-0.1, -0.05) is 0 Å². The zero-order chi connectivity index (χ0) is 15.0. The van der Waals surface area contributed by atoms with Crippen LogP contribution in [0, 0.1) is 6.92 Å². The molecule has 0 bridgehead atoms. The fraction of sp³-hybridized carbons (Fsp3) is 0.643. The van der Waals surface area contributed by atoms with E-state index >= 15 is 0 Å². The summed E-state index contributed by atoms with van der Waals surface area (Å²) in [6, 6.07) is 0. The van der Waals surface area contributed by atoms with Crippen molar-refractivity contribution in [2.24, 2.45) is 0 Å². The number of hydrogen-bond acceptors (Lipinski definition) is 4. The van der Waals surface area contributed by atoms with Crippen molar-refractivity contribution < 1.29 is 14.0 Å². The van der Waals surface area contributed by atoms with Crippen LogP contribution in [-0.4, -0.2) is 41.8 Å². The second-order valence-electron chi connectivity index (χ2n) is 6.08. The first kappa shape index (κ1) is 15.3. The zero-order valence-corrected chi connectivity index (χ0v) is 13.1. The summed E-state index contributed by atoms with van der Waals surface area (Å²) >= 11 is 0. The predicted octanol–water partition coefficient (Wildman–Crippen LogP) is 1.61. The van der Waals surface area contributed by atoms with Crippen LogP contribution in [-0.2, 0) is 14.0 Å². The number of aryl methyl sites for hydroxylation is 1. The minimum atomic E-state index is -0.371. The molecule has 0 aromatic carbocycles. The van der Waals surface area contributed by atoms with E-state index in [0.717, 1.165) is 11.2 Å². The quantitative estimate of drug-likeness (QED) is 0.785. The Labute approximate surface area is 121 Å². The SMILES string of the molecule is COC/C=C/n1cc(B2OC(C)(C)C(C)(C)O2)c(C)n1. The fourth-order valence-corrected chi connectivity index (χ4v) is 2.02.